The smallest absolute Gasteiger partial charge is 0.329 e. The average molecular weight is 296 g/mol. The summed E-state index contributed by atoms with van der Waals surface area (Å²) in [4.78, 5) is 26.1. The van der Waals surface area contributed by atoms with Crippen LogP contribution in [0.15, 0.2) is 0 Å². The van der Waals surface area contributed by atoms with Crippen molar-refractivity contribution in [1.82, 2.24) is 10.2 Å². The van der Waals surface area contributed by atoms with Crippen LogP contribution in [-0.2, 0) is 4.79 Å². The van der Waals surface area contributed by atoms with Gasteiger partial charge in [0.05, 0.1) is 0 Å². The molecule has 5 nitrogen and oxygen atoms in total. The van der Waals surface area contributed by atoms with Crippen molar-refractivity contribution in [3.05, 3.63) is 0 Å². The molecule has 0 unspecified atom stereocenters. The molecule has 2 fully saturated rings. The number of rotatable bonds is 5. The maximum atomic E-state index is 12.6. The van der Waals surface area contributed by atoms with Gasteiger partial charge in [0.15, 0.2) is 0 Å². The molecule has 0 aromatic rings. The van der Waals surface area contributed by atoms with Gasteiger partial charge in [-0.2, -0.15) is 0 Å². The molecule has 2 N–H and O–H groups in total. The van der Waals surface area contributed by atoms with Gasteiger partial charge in [-0.25, -0.2) is 9.59 Å². The molecule has 0 spiro atoms. The molecule has 2 rings (SSSR count). The molecule has 0 aromatic heterocycles. The number of aliphatic carboxylic acids is 1. The summed E-state index contributed by atoms with van der Waals surface area (Å²) in [5, 5.41) is 12.5. The third-order valence-electron chi connectivity index (χ3n) is 4.75. The van der Waals surface area contributed by atoms with E-state index in [1.54, 1.807) is 4.90 Å². The SMILES string of the molecule is CC(C)N(CC1CC1)C(=O)NC1(C(=O)O)CCCCCC1. The van der Waals surface area contributed by atoms with Crippen LogP contribution in [0.2, 0.25) is 0 Å². The van der Waals surface area contributed by atoms with E-state index in [0.717, 1.165) is 32.2 Å². The maximum absolute atomic E-state index is 12.6. The summed E-state index contributed by atoms with van der Waals surface area (Å²) in [6.45, 7) is 4.73. The van der Waals surface area contributed by atoms with Gasteiger partial charge in [-0.1, -0.05) is 25.7 Å². The first kappa shape index (κ1) is 16.1. The lowest BCUT2D eigenvalue weighted by molar-refractivity contribution is -0.145. The van der Waals surface area contributed by atoms with Gasteiger partial charge in [-0.15, -0.1) is 0 Å². The Labute approximate surface area is 127 Å². The molecule has 21 heavy (non-hydrogen) atoms. The van der Waals surface area contributed by atoms with Gasteiger partial charge >= 0.3 is 12.0 Å². The molecule has 0 aromatic carbocycles. The molecule has 0 heterocycles. The molecule has 2 aliphatic rings. The Hall–Kier alpha value is -1.26. The third-order valence-corrected chi connectivity index (χ3v) is 4.75. The van der Waals surface area contributed by atoms with E-state index in [-0.39, 0.29) is 12.1 Å². The highest BCUT2D eigenvalue weighted by Crippen LogP contribution is 2.31. The second kappa shape index (κ2) is 6.67. The highest BCUT2D eigenvalue weighted by Gasteiger charge is 2.41. The molecule has 2 saturated carbocycles. The van der Waals surface area contributed by atoms with Crippen LogP contribution in [0.1, 0.15) is 65.2 Å². The minimum absolute atomic E-state index is 0.0993. The quantitative estimate of drug-likeness (QED) is 0.766. The first-order chi connectivity index (χ1) is 9.94. The number of hydrogen-bond donors (Lipinski definition) is 2. The van der Waals surface area contributed by atoms with Crippen molar-refractivity contribution in [2.24, 2.45) is 5.92 Å². The van der Waals surface area contributed by atoms with E-state index >= 15 is 0 Å². The zero-order chi connectivity index (χ0) is 15.5. The fraction of sp³-hybridized carbons (Fsp3) is 0.875. The Bertz CT molecular complexity index is 383. The molecule has 5 heteroatoms. The summed E-state index contributed by atoms with van der Waals surface area (Å²) < 4.78 is 0. The van der Waals surface area contributed by atoms with Crippen molar-refractivity contribution in [3.8, 4) is 0 Å². The first-order valence-corrected chi connectivity index (χ1v) is 8.27. The van der Waals surface area contributed by atoms with Crippen molar-refractivity contribution in [2.45, 2.75) is 76.8 Å². The molecule has 0 aliphatic heterocycles. The summed E-state index contributed by atoms with van der Waals surface area (Å²) in [7, 11) is 0. The largest absolute Gasteiger partial charge is 0.480 e. The molecule has 2 aliphatic carbocycles. The Morgan fingerprint density at radius 2 is 1.76 bits per heavy atom. The van der Waals surface area contributed by atoms with Gasteiger partial charge in [0.1, 0.15) is 5.54 Å². The molecule has 0 saturated heterocycles. The summed E-state index contributed by atoms with van der Waals surface area (Å²) in [6.07, 6.45) is 7.31. The first-order valence-electron chi connectivity index (χ1n) is 8.27. The number of hydrogen-bond acceptors (Lipinski definition) is 2. The highest BCUT2D eigenvalue weighted by molar-refractivity contribution is 5.86. The zero-order valence-corrected chi connectivity index (χ0v) is 13.2. The molecular formula is C16H28N2O3. The van der Waals surface area contributed by atoms with E-state index in [1.807, 2.05) is 13.8 Å². The summed E-state index contributed by atoms with van der Waals surface area (Å²) >= 11 is 0. The number of carboxylic acid groups (broad SMARTS) is 1. The summed E-state index contributed by atoms with van der Waals surface area (Å²) in [6, 6.07) is -0.108. The number of carboxylic acids is 1. The van der Waals surface area contributed by atoms with Crippen molar-refractivity contribution in [1.29, 1.82) is 0 Å². The second-order valence-electron chi connectivity index (χ2n) is 6.92. The Kier molecular flexibility index (Phi) is 5.12. The van der Waals surface area contributed by atoms with Gasteiger partial charge in [-0.05, 0) is 45.4 Å². The number of carbonyl (C=O) groups excluding carboxylic acids is 1. The number of carbonyl (C=O) groups is 2. The van der Waals surface area contributed by atoms with Gasteiger partial charge in [-0.3, -0.25) is 0 Å². The van der Waals surface area contributed by atoms with Crippen molar-refractivity contribution in [3.63, 3.8) is 0 Å². The van der Waals surface area contributed by atoms with Crippen molar-refractivity contribution >= 4 is 12.0 Å². The van der Waals surface area contributed by atoms with Gasteiger partial charge in [0.25, 0.3) is 0 Å². The Balaban J connectivity index is 2.06. The number of urea groups is 1. The van der Waals surface area contributed by atoms with Crippen LogP contribution in [0.4, 0.5) is 4.79 Å². The van der Waals surface area contributed by atoms with E-state index in [4.69, 9.17) is 0 Å². The van der Waals surface area contributed by atoms with Gasteiger partial charge in [0.2, 0.25) is 0 Å². The minimum atomic E-state index is -1.07. The average Bonchev–Trinajstić information content (AvgIpc) is 3.23. The highest BCUT2D eigenvalue weighted by atomic mass is 16.4. The van der Waals surface area contributed by atoms with E-state index in [1.165, 1.54) is 12.8 Å². The Morgan fingerprint density at radius 3 is 2.19 bits per heavy atom. The van der Waals surface area contributed by atoms with Gasteiger partial charge in [0, 0.05) is 12.6 Å². The fourth-order valence-electron chi connectivity index (χ4n) is 3.11. The number of nitrogens with zero attached hydrogens (tertiary/aromatic N) is 1. The molecule has 2 amide bonds. The van der Waals surface area contributed by atoms with Crippen LogP contribution in [0.25, 0.3) is 0 Å². The fourth-order valence-corrected chi connectivity index (χ4v) is 3.11. The lowest BCUT2D eigenvalue weighted by Gasteiger charge is -2.34. The maximum Gasteiger partial charge on any atom is 0.329 e. The van der Waals surface area contributed by atoms with E-state index in [9.17, 15) is 14.7 Å². The predicted octanol–water partition coefficient (Wildman–Crippen LogP) is 2.99. The topological polar surface area (TPSA) is 69.6 Å². The van der Waals surface area contributed by atoms with E-state index in [0.29, 0.717) is 18.8 Å². The normalized spacial score (nSPS) is 21.7. The van der Waals surface area contributed by atoms with Gasteiger partial charge < -0.3 is 15.3 Å². The van der Waals surface area contributed by atoms with Crippen LogP contribution < -0.4 is 5.32 Å². The molecular weight excluding hydrogens is 268 g/mol. The second-order valence-corrected chi connectivity index (χ2v) is 6.92. The molecule has 0 bridgehead atoms. The van der Waals surface area contributed by atoms with Crippen molar-refractivity contribution < 1.29 is 14.7 Å². The monoisotopic (exact) mass is 296 g/mol. The predicted molar refractivity (Wildman–Crippen MR) is 81.2 cm³/mol. The lowest BCUT2D eigenvalue weighted by atomic mass is 9.90. The molecule has 120 valence electrons. The van der Waals surface area contributed by atoms with E-state index in [2.05, 4.69) is 5.32 Å². The standard InChI is InChI=1S/C16H28N2O3/c1-12(2)18(11-13-7-8-13)15(21)17-16(14(19)20)9-5-3-4-6-10-16/h12-13H,3-11H2,1-2H3,(H,17,21)(H,19,20). The summed E-state index contributed by atoms with van der Waals surface area (Å²) in [5.41, 5.74) is -1.07. The minimum Gasteiger partial charge on any atom is -0.480 e. The zero-order valence-electron chi connectivity index (χ0n) is 13.2. The Morgan fingerprint density at radius 1 is 1.19 bits per heavy atom. The van der Waals surface area contributed by atoms with Crippen molar-refractivity contribution in [2.75, 3.05) is 6.54 Å². The van der Waals surface area contributed by atoms with Crippen LogP contribution in [-0.4, -0.2) is 40.1 Å². The van der Waals surface area contributed by atoms with Crippen LogP contribution >= 0.6 is 0 Å². The third kappa shape index (κ3) is 4.11. The van der Waals surface area contributed by atoms with Crippen LogP contribution in [0.5, 0.6) is 0 Å². The molecule has 0 radical (unpaired) electrons. The number of amides is 2. The van der Waals surface area contributed by atoms with E-state index < -0.39 is 11.5 Å². The lowest BCUT2D eigenvalue weighted by Crippen LogP contribution is -2.59. The van der Waals surface area contributed by atoms with Crippen LogP contribution in [0, 0.1) is 5.92 Å². The van der Waals surface area contributed by atoms with Crippen LogP contribution in [0.3, 0.4) is 0 Å². The number of nitrogens with one attached hydrogen (secondary N) is 1. The molecule has 0 atom stereocenters. The summed E-state index contributed by atoms with van der Waals surface area (Å²) in [5.74, 6) is -0.277.